The molecule has 0 fully saturated rings. The Morgan fingerprint density at radius 1 is 1.67 bits per heavy atom. The number of hydrogen-bond donors (Lipinski definition) is 1. The predicted octanol–water partition coefficient (Wildman–Crippen LogP) is 2.33. The van der Waals surface area contributed by atoms with Crippen molar-refractivity contribution >= 4 is 28.6 Å². The van der Waals surface area contributed by atoms with Crippen LogP contribution in [0, 0.1) is 3.57 Å². The number of ether oxygens (including phenoxy) is 1. The van der Waals surface area contributed by atoms with Gasteiger partial charge >= 0.3 is 5.97 Å². The highest BCUT2D eigenvalue weighted by Crippen LogP contribution is 2.29. The van der Waals surface area contributed by atoms with Crippen LogP contribution in [0.3, 0.4) is 0 Å². The zero-order valence-corrected chi connectivity index (χ0v) is 9.66. The van der Waals surface area contributed by atoms with Gasteiger partial charge in [-0.15, -0.1) is 0 Å². The molecule has 0 saturated carbocycles. The first-order valence-corrected chi connectivity index (χ1v) is 4.81. The van der Waals surface area contributed by atoms with Gasteiger partial charge in [0.15, 0.2) is 5.69 Å². The second-order valence-corrected chi connectivity index (χ2v) is 3.68. The zero-order valence-electron chi connectivity index (χ0n) is 7.50. The van der Waals surface area contributed by atoms with Crippen LogP contribution in [-0.4, -0.2) is 23.2 Å². The molecule has 15 heavy (non-hydrogen) atoms. The van der Waals surface area contributed by atoms with Crippen molar-refractivity contribution in [3.63, 3.8) is 0 Å². The third-order valence-corrected chi connectivity index (χ3v) is 2.51. The molecule has 1 N–H and O–H groups in total. The lowest BCUT2D eigenvalue weighted by molar-refractivity contribution is 0.0675. The summed E-state index contributed by atoms with van der Waals surface area (Å²) in [6.45, 7) is 0. The minimum atomic E-state index is -2.87. The number of pyridine rings is 1. The fourth-order valence-electron chi connectivity index (χ4n) is 0.977. The third-order valence-electron chi connectivity index (χ3n) is 1.61. The highest BCUT2D eigenvalue weighted by atomic mass is 127. The Balaban J connectivity index is 3.42. The molecule has 1 rings (SSSR count). The van der Waals surface area contributed by atoms with Crippen molar-refractivity contribution in [2.75, 3.05) is 7.11 Å². The average molecular weight is 329 g/mol. The van der Waals surface area contributed by atoms with Crippen LogP contribution in [0.15, 0.2) is 6.07 Å². The molecule has 0 aliphatic heterocycles. The molecule has 0 aromatic carbocycles. The van der Waals surface area contributed by atoms with Crippen LogP contribution >= 0.6 is 22.6 Å². The second-order valence-electron chi connectivity index (χ2n) is 2.51. The first kappa shape index (κ1) is 12.1. The molecule has 0 unspecified atom stereocenters. The molecule has 0 atom stereocenters. The molecule has 0 aliphatic carbocycles. The minimum Gasteiger partial charge on any atom is -0.481 e. The van der Waals surface area contributed by atoms with E-state index < -0.39 is 23.7 Å². The number of methoxy groups -OCH3 is 1. The summed E-state index contributed by atoms with van der Waals surface area (Å²) in [5, 5.41) is 8.70. The summed E-state index contributed by atoms with van der Waals surface area (Å²) in [6.07, 6.45) is -2.87. The van der Waals surface area contributed by atoms with Crippen LogP contribution < -0.4 is 4.74 Å². The number of aromatic nitrogens is 1. The number of carbonyl (C=O) groups is 1. The van der Waals surface area contributed by atoms with Crippen molar-refractivity contribution in [1.82, 2.24) is 4.98 Å². The van der Waals surface area contributed by atoms with E-state index in [0.717, 1.165) is 0 Å². The fraction of sp³-hybridized carbons (Fsp3) is 0.250. The molecular weight excluding hydrogens is 323 g/mol. The smallest absolute Gasteiger partial charge is 0.355 e. The highest BCUT2D eigenvalue weighted by molar-refractivity contribution is 14.1. The van der Waals surface area contributed by atoms with Crippen LogP contribution in [0.2, 0.25) is 0 Å². The summed E-state index contributed by atoms with van der Waals surface area (Å²) >= 11 is 1.62. The van der Waals surface area contributed by atoms with E-state index in [1.807, 2.05) is 0 Å². The van der Waals surface area contributed by atoms with Crippen LogP contribution in [-0.2, 0) is 0 Å². The summed E-state index contributed by atoms with van der Waals surface area (Å²) in [4.78, 5) is 14.2. The van der Waals surface area contributed by atoms with Gasteiger partial charge in [0, 0.05) is 9.64 Å². The maximum absolute atomic E-state index is 12.5. The quantitative estimate of drug-likeness (QED) is 0.865. The molecule has 0 saturated heterocycles. The molecule has 0 spiro atoms. The lowest BCUT2D eigenvalue weighted by Crippen LogP contribution is -2.09. The van der Waals surface area contributed by atoms with Gasteiger partial charge in [-0.3, -0.25) is 0 Å². The van der Waals surface area contributed by atoms with Crippen molar-refractivity contribution in [3.05, 3.63) is 20.9 Å². The van der Waals surface area contributed by atoms with E-state index in [1.54, 1.807) is 22.6 Å². The third kappa shape index (κ3) is 2.52. The SMILES string of the molecule is COc1cc(I)c(C(F)F)c(C(=O)O)n1. The van der Waals surface area contributed by atoms with Gasteiger partial charge in [-0.05, 0) is 22.6 Å². The average Bonchev–Trinajstić information content (AvgIpc) is 2.15. The number of carboxylic acids is 1. The van der Waals surface area contributed by atoms with E-state index in [2.05, 4.69) is 4.98 Å². The Bertz CT molecular complexity index is 398. The number of hydrogen-bond acceptors (Lipinski definition) is 3. The van der Waals surface area contributed by atoms with Gasteiger partial charge in [0.25, 0.3) is 6.43 Å². The number of alkyl halides is 2. The zero-order chi connectivity index (χ0) is 11.6. The molecule has 0 amide bonds. The standard InChI is InChI=1S/C8H6F2INO3/c1-15-4-2-3(11)5(7(9)10)6(12-4)8(13)14/h2,7H,1H3,(H,13,14). The Morgan fingerprint density at radius 3 is 2.67 bits per heavy atom. The van der Waals surface area contributed by atoms with Gasteiger partial charge in [0.1, 0.15) is 0 Å². The number of rotatable bonds is 3. The van der Waals surface area contributed by atoms with E-state index >= 15 is 0 Å². The Morgan fingerprint density at radius 2 is 2.27 bits per heavy atom. The van der Waals surface area contributed by atoms with Crippen molar-refractivity contribution in [2.45, 2.75) is 6.43 Å². The number of nitrogens with zero attached hydrogens (tertiary/aromatic N) is 1. The maximum Gasteiger partial charge on any atom is 0.355 e. The Labute approximate surface area is 97.4 Å². The summed E-state index contributed by atoms with van der Waals surface area (Å²) in [5.41, 5.74) is -1.25. The lowest BCUT2D eigenvalue weighted by Gasteiger charge is -2.08. The molecule has 4 nitrogen and oxygen atoms in total. The van der Waals surface area contributed by atoms with Crippen LogP contribution in [0.1, 0.15) is 22.5 Å². The Kier molecular flexibility index (Phi) is 3.77. The van der Waals surface area contributed by atoms with E-state index in [1.165, 1.54) is 13.2 Å². The Hall–Kier alpha value is -0.990. The largest absolute Gasteiger partial charge is 0.481 e. The van der Waals surface area contributed by atoms with E-state index in [0.29, 0.717) is 0 Å². The van der Waals surface area contributed by atoms with E-state index in [4.69, 9.17) is 9.84 Å². The minimum absolute atomic E-state index is 0.00111. The number of aromatic carboxylic acids is 1. The lowest BCUT2D eigenvalue weighted by atomic mass is 10.2. The van der Waals surface area contributed by atoms with Gasteiger partial charge in [-0.1, -0.05) is 0 Å². The monoisotopic (exact) mass is 329 g/mol. The molecule has 0 radical (unpaired) electrons. The molecule has 0 aliphatic rings. The molecule has 7 heteroatoms. The summed E-state index contributed by atoms with van der Waals surface area (Å²) < 4.78 is 29.9. The van der Waals surface area contributed by atoms with Gasteiger partial charge < -0.3 is 9.84 Å². The normalized spacial score (nSPS) is 10.5. The topological polar surface area (TPSA) is 59.4 Å². The van der Waals surface area contributed by atoms with E-state index in [-0.39, 0.29) is 9.45 Å². The highest BCUT2D eigenvalue weighted by Gasteiger charge is 2.24. The van der Waals surface area contributed by atoms with Gasteiger partial charge in [0.05, 0.1) is 12.7 Å². The predicted molar refractivity (Wildman–Crippen MR) is 55.4 cm³/mol. The van der Waals surface area contributed by atoms with Crippen molar-refractivity contribution in [3.8, 4) is 5.88 Å². The van der Waals surface area contributed by atoms with Crippen LogP contribution in [0.5, 0.6) is 5.88 Å². The molecule has 82 valence electrons. The maximum atomic E-state index is 12.5. The number of halogens is 3. The summed E-state index contributed by atoms with van der Waals surface area (Å²) in [7, 11) is 1.28. The van der Waals surface area contributed by atoms with Crippen molar-refractivity contribution in [1.29, 1.82) is 0 Å². The summed E-state index contributed by atoms with van der Waals surface area (Å²) in [5.74, 6) is -1.50. The van der Waals surface area contributed by atoms with E-state index in [9.17, 15) is 13.6 Å². The van der Waals surface area contributed by atoms with Crippen LogP contribution in [0.4, 0.5) is 8.78 Å². The van der Waals surface area contributed by atoms with Gasteiger partial charge in [-0.2, -0.15) is 0 Å². The first-order chi connectivity index (χ1) is 6.97. The summed E-state index contributed by atoms with van der Waals surface area (Å²) in [6, 6.07) is 1.26. The van der Waals surface area contributed by atoms with Gasteiger partial charge in [0.2, 0.25) is 5.88 Å². The van der Waals surface area contributed by atoms with Gasteiger partial charge in [-0.25, -0.2) is 18.6 Å². The molecule has 1 aromatic rings. The van der Waals surface area contributed by atoms with Crippen molar-refractivity contribution < 1.29 is 23.4 Å². The fourth-order valence-corrected chi connectivity index (χ4v) is 1.73. The second kappa shape index (κ2) is 4.69. The molecule has 0 bridgehead atoms. The first-order valence-electron chi connectivity index (χ1n) is 3.73. The van der Waals surface area contributed by atoms with Crippen molar-refractivity contribution in [2.24, 2.45) is 0 Å². The number of carboxylic acid groups (broad SMARTS) is 1. The molecule has 1 aromatic heterocycles. The molecule has 1 heterocycles. The molecular formula is C8H6F2INO3. The van der Waals surface area contributed by atoms with Crippen LogP contribution in [0.25, 0.3) is 0 Å².